The van der Waals surface area contributed by atoms with Crippen LogP contribution in [0, 0.1) is 13.8 Å². The zero-order valence-electron chi connectivity index (χ0n) is 11.8. The molecule has 4 nitrogen and oxygen atoms in total. The lowest BCUT2D eigenvalue weighted by Crippen LogP contribution is -2.38. The first-order valence-electron chi connectivity index (χ1n) is 6.23. The molecule has 0 fully saturated rings. The molecule has 7 heteroatoms. The second-order valence-electron chi connectivity index (χ2n) is 5.02. The summed E-state index contributed by atoms with van der Waals surface area (Å²) in [5.41, 5.74) is -0.277. The summed E-state index contributed by atoms with van der Waals surface area (Å²) in [5.74, 6) is 0.964. The summed E-state index contributed by atoms with van der Waals surface area (Å²) in [7, 11) is 0. The highest BCUT2D eigenvalue weighted by atomic mass is 35.5. The molecule has 1 atom stereocenters. The van der Waals surface area contributed by atoms with E-state index in [1.807, 2.05) is 0 Å². The van der Waals surface area contributed by atoms with Crippen LogP contribution in [-0.2, 0) is 5.60 Å². The van der Waals surface area contributed by atoms with Gasteiger partial charge in [-0.3, -0.25) is 4.79 Å². The molecule has 21 heavy (non-hydrogen) atoms. The summed E-state index contributed by atoms with van der Waals surface area (Å²) >= 11 is 12.9. The highest BCUT2D eigenvalue weighted by Gasteiger charge is 2.28. The van der Waals surface area contributed by atoms with Gasteiger partial charge in [0.2, 0.25) is 0 Å². The number of furan rings is 1. The summed E-state index contributed by atoms with van der Waals surface area (Å²) in [6, 6.07) is 3.27. The first-order chi connectivity index (χ1) is 9.70. The molecule has 0 bridgehead atoms. The second kappa shape index (κ2) is 6.01. The van der Waals surface area contributed by atoms with Gasteiger partial charge in [-0.15, -0.1) is 11.3 Å². The number of halogens is 2. The lowest BCUT2D eigenvalue weighted by molar-refractivity contribution is 0.0514. The van der Waals surface area contributed by atoms with Crippen LogP contribution >= 0.6 is 34.5 Å². The van der Waals surface area contributed by atoms with Crippen LogP contribution in [0.5, 0.6) is 0 Å². The van der Waals surface area contributed by atoms with Crippen molar-refractivity contribution in [3.05, 3.63) is 43.5 Å². The van der Waals surface area contributed by atoms with E-state index in [4.69, 9.17) is 27.6 Å². The molecule has 2 heterocycles. The monoisotopic (exact) mass is 347 g/mol. The Hall–Kier alpha value is -1.01. The topological polar surface area (TPSA) is 62.5 Å². The summed E-state index contributed by atoms with van der Waals surface area (Å²) in [4.78, 5) is 12.1. The normalized spacial score (nSPS) is 14.0. The molecule has 0 aromatic carbocycles. The molecule has 1 unspecified atom stereocenters. The number of aryl methyl sites for hydroxylation is 2. The zero-order valence-corrected chi connectivity index (χ0v) is 14.1. The fraction of sp³-hybridized carbons (Fsp3) is 0.357. The highest BCUT2D eigenvalue weighted by molar-refractivity contribution is 7.20. The standard InChI is InChI=1S/C14H15Cl2NO3S/c1-7-4-10(8(2)20-7)14(3,19)6-17-13(18)9-5-11(15)21-12(9)16/h4-5,19H,6H2,1-3H3,(H,17,18). The minimum Gasteiger partial charge on any atom is -0.466 e. The molecule has 0 saturated heterocycles. The van der Waals surface area contributed by atoms with Crippen LogP contribution in [0.1, 0.15) is 34.4 Å². The molecule has 114 valence electrons. The Morgan fingerprint density at radius 1 is 1.43 bits per heavy atom. The molecule has 2 N–H and O–H groups in total. The summed E-state index contributed by atoms with van der Waals surface area (Å²) in [5, 5.41) is 13.2. The molecule has 0 spiro atoms. The van der Waals surface area contributed by atoms with Crippen molar-refractivity contribution in [2.24, 2.45) is 0 Å². The third-order valence-electron chi connectivity index (χ3n) is 3.12. The zero-order chi connectivity index (χ0) is 15.8. The van der Waals surface area contributed by atoms with Crippen LogP contribution in [0.15, 0.2) is 16.5 Å². The number of rotatable bonds is 4. The number of amides is 1. The number of thiophene rings is 1. The number of hydrogen-bond donors (Lipinski definition) is 2. The van der Waals surface area contributed by atoms with Gasteiger partial charge in [-0.1, -0.05) is 23.2 Å². The molecule has 0 saturated carbocycles. The van der Waals surface area contributed by atoms with E-state index >= 15 is 0 Å². The Morgan fingerprint density at radius 3 is 2.57 bits per heavy atom. The van der Waals surface area contributed by atoms with E-state index in [1.54, 1.807) is 26.8 Å². The van der Waals surface area contributed by atoms with E-state index in [-0.39, 0.29) is 12.5 Å². The number of hydrogen-bond acceptors (Lipinski definition) is 4. The molecule has 1 amide bonds. The van der Waals surface area contributed by atoms with Crippen molar-refractivity contribution in [1.29, 1.82) is 0 Å². The maximum absolute atomic E-state index is 12.1. The van der Waals surface area contributed by atoms with Crippen molar-refractivity contribution in [2.75, 3.05) is 6.54 Å². The van der Waals surface area contributed by atoms with Gasteiger partial charge < -0.3 is 14.8 Å². The Labute approximate surface area is 136 Å². The fourth-order valence-corrected chi connectivity index (χ4v) is 3.56. The van der Waals surface area contributed by atoms with Gasteiger partial charge in [0.15, 0.2) is 0 Å². The van der Waals surface area contributed by atoms with Crippen molar-refractivity contribution in [3.63, 3.8) is 0 Å². The van der Waals surface area contributed by atoms with E-state index in [0.717, 1.165) is 11.3 Å². The average molecular weight is 348 g/mol. The number of carbonyl (C=O) groups excluding carboxylic acids is 1. The van der Waals surface area contributed by atoms with Crippen molar-refractivity contribution in [3.8, 4) is 0 Å². The van der Waals surface area contributed by atoms with Gasteiger partial charge in [-0.25, -0.2) is 0 Å². The Morgan fingerprint density at radius 2 is 2.10 bits per heavy atom. The van der Waals surface area contributed by atoms with E-state index in [0.29, 0.717) is 31.3 Å². The predicted molar refractivity (Wildman–Crippen MR) is 84.4 cm³/mol. The minimum atomic E-state index is -1.23. The van der Waals surface area contributed by atoms with E-state index in [2.05, 4.69) is 5.32 Å². The summed E-state index contributed by atoms with van der Waals surface area (Å²) < 4.78 is 6.17. The van der Waals surface area contributed by atoms with Crippen molar-refractivity contribution >= 4 is 40.4 Å². The smallest absolute Gasteiger partial charge is 0.253 e. The predicted octanol–water partition coefficient (Wildman–Crippen LogP) is 3.90. The molecule has 0 radical (unpaired) electrons. The molecule has 2 aromatic heterocycles. The molecular formula is C14H15Cl2NO3S. The fourth-order valence-electron chi connectivity index (χ4n) is 2.10. The van der Waals surface area contributed by atoms with Crippen LogP contribution in [0.3, 0.4) is 0 Å². The summed E-state index contributed by atoms with van der Waals surface area (Å²) in [6.45, 7) is 5.23. The first-order valence-corrected chi connectivity index (χ1v) is 7.81. The van der Waals surface area contributed by atoms with E-state index in [9.17, 15) is 9.90 Å². The largest absolute Gasteiger partial charge is 0.466 e. The van der Waals surface area contributed by atoms with E-state index in [1.165, 1.54) is 6.07 Å². The Bertz CT molecular complexity index is 676. The number of aliphatic hydroxyl groups is 1. The van der Waals surface area contributed by atoms with Gasteiger partial charge in [0, 0.05) is 5.56 Å². The van der Waals surface area contributed by atoms with Gasteiger partial charge in [-0.05, 0) is 32.9 Å². The van der Waals surface area contributed by atoms with Crippen LogP contribution in [0.2, 0.25) is 8.67 Å². The molecule has 2 aromatic rings. The van der Waals surface area contributed by atoms with Gasteiger partial charge in [0.1, 0.15) is 21.5 Å². The number of nitrogens with one attached hydrogen (secondary N) is 1. The van der Waals surface area contributed by atoms with Crippen molar-refractivity contribution < 1.29 is 14.3 Å². The van der Waals surface area contributed by atoms with Gasteiger partial charge in [0.25, 0.3) is 5.91 Å². The molecule has 0 aliphatic carbocycles. The lowest BCUT2D eigenvalue weighted by atomic mass is 9.96. The van der Waals surface area contributed by atoms with Crippen LogP contribution in [0.4, 0.5) is 0 Å². The lowest BCUT2D eigenvalue weighted by Gasteiger charge is -2.23. The Balaban J connectivity index is 2.10. The quantitative estimate of drug-likeness (QED) is 0.881. The van der Waals surface area contributed by atoms with Gasteiger partial charge in [0.05, 0.1) is 16.4 Å². The van der Waals surface area contributed by atoms with E-state index < -0.39 is 5.60 Å². The highest BCUT2D eigenvalue weighted by Crippen LogP contribution is 2.31. The van der Waals surface area contributed by atoms with Crippen molar-refractivity contribution in [2.45, 2.75) is 26.4 Å². The third-order valence-corrected chi connectivity index (χ3v) is 4.60. The maximum atomic E-state index is 12.1. The molecular weight excluding hydrogens is 333 g/mol. The second-order valence-corrected chi connectivity index (χ2v) is 7.31. The first kappa shape index (κ1) is 16.4. The van der Waals surface area contributed by atoms with Gasteiger partial charge >= 0.3 is 0 Å². The minimum absolute atomic E-state index is 0.0371. The third kappa shape index (κ3) is 3.61. The molecule has 0 aliphatic rings. The molecule has 0 aliphatic heterocycles. The number of carbonyl (C=O) groups is 1. The SMILES string of the molecule is Cc1cc(C(C)(O)CNC(=O)c2cc(Cl)sc2Cl)c(C)o1. The van der Waals surface area contributed by atoms with Crippen LogP contribution in [-0.4, -0.2) is 17.6 Å². The summed E-state index contributed by atoms with van der Waals surface area (Å²) in [6.07, 6.45) is 0. The van der Waals surface area contributed by atoms with Gasteiger partial charge in [-0.2, -0.15) is 0 Å². The van der Waals surface area contributed by atoms with Crippen LogP contribution in [0.25, 0.3) is 0 Å². The van der Waals surface area contributed by atoms with Crippen molar-refractivity contribution in [1.82, 2.24) is 5.32 Å². The maximum Gasteiger partial charge on any atom is 0.253 e. The van der Waals surface area contributed by atoms with Crippen LogP contribution < -0.4 is 5.32 Å². The Kier molecular flexibility index (Phi) is 4.68. The average Bonchev–Trinajstić information content (AvgIpc) is 2.89. The molecule has 2 rings (SSSR count).